The molecule has 7 heteroatoms. The highest BCUT2D eigenvalue weighted by atomic mass is 32.2. The zero-order valence-corrected chi connectivity index (χ0v) is 15.0. The van der Waals surface area contributed by atoms with E-state index in [9.17, 15) is 8.42 Å². The average Bonchev–Trinajstić information content (AvgIpc) is 2.97. The number of hydrogen-bond donors (Lipinski definition) is 0. The van der Waals surface area contributed by atoms with E-state index in [0.717, 1.165) is 25.7 Å². The first kappa shape index (κ1) is 16.9. The van der Waals surface area contributed by atoms with Crippen LogP contribution in [0.25, 0.3) is 0 Å². The van der Waals surface area contributed by atoms with E-state index in [-0.39, 0.29) is 5.92 Å². The standard InChI is InChI=1S/C16H26N2O4S/c1-15(2)6-4-12(5-7-15)13-17-14(18-22-13)16(23(3,19)20)8-10-21-11-9-16/h12H,4-11H2,1-3H3. The Hall–Kier alpha value is -0.950. The van der Waals surface area contributed by atoms with Crippen LogP contribution < -0.4 is 0 Å². The second kappa shape index (κ2) is 5.84. The normalized spacial score (nSPS) is 25.3. The molecule has 2 fully saturated rings. The maximum absolute atomic E-state index is 12.4. The summed E-state index contributed by atoms with van der Waals surface area (Å²) in [6.45, 7) is 5.38. The number of rotatable bonds is 3. The predicted octanol–water partition coefficient (Wildman–Crippen LogP) is 2.80. The fourth-order valence-electron chi connectivity index (χ4n) is 3.69. The summed E-state index contributed by atoms with van der Waals surface area (Å²) in [6.07, 6.45) is 6.33. The molecular formula is C16H26N2O4S. The Kier molecular flexibility index (Phi) is 4.29. The first-order valence-corrected chi connectivity index (χ1v) is 10.2. The van der Waals surface area contributed by atoms with Gasteiger partial charge in [0.2, 0.25) is 5.89 Å². The minimum Gasteiger partial charge on any atom is -0.381 e. The molecule has 0 radical (unpaired) electrons. The van der Waals surface area contributed by atoms with E-state index in [1.165, 1.54) is 6.26 Å². The number of ether oxygens (including phenoxy) is 1. The number of nitrogens with zero attached hydrogens (tertiary/aromatic N) is 2. The van der Waals surface area contributed by atoms with Gasteiger partial charge in [0.05, 0.1) is 0 Å². The van der Waals surface area contributed by atoms with Crippen LogP contribution in [0, 0.1) is 5.41 Å². The maximum atomic E-state index is 12.4. The molecule has 0 N–H and O–H groups in total. The van der Waals surface area contributed by atoms with Crippen molar-refractivity contribution in [2.75, 3.05) is 19.5 Å². The SMILES string of the molecule is CC1(C)CCC(c2nc(C3(S(C)(=O)=O)CCOCC3)no2)CC1. The quantitative estimate of drug-likeness (QED) is 0.840. The second-order valence-corrected chi connectivity index (χ2v) is 10.1. The van der Waals surface area contributed by atoms with Gasteiger partial charge in [-0.05, 0) is 43.9 Å². The van der Waals surface area contributed by atoms with Crippen molar-refractivity contribution >= 4 is 9.84 Å². The Bertz CT molecular complexity index is 649. The number of hydrogen-bond acceptors (Lipinski definition) is 6. The van der Waals surface area contributed by atoms with Gasteiger partial charge in [0.1, 0.15) is 4.75 Å². The molecule has 1 aliphatic heterocycles. The summed E-state index contributed by atoms with van der Waals surface area (Å²) < 4.78 is 34.6. The van der Waals surface area contributed by atoms with Gasteiger partial charge in [-0.15, -0.1) is 0 Å². The van der Waals surface area contributed by atoms with Crippen LogP contribution in [0.5, 0.6) is 0 Å². The van der Waals surface area contributed by atoms with E-state index in [0.29, 0.717) is 43.2 Å². The van der Waals surface area contributed by atoms with Gasteiger partial charge in [0.25, 0.3) is 0 Å². The Morgan fingerprint density at radius 1 is 1.09 bits per heavy atom. The summed E-state index contributed by atoms with van der Waals surface area (Å²) in [5.41, 5.74) is 0.369. The van der Waals surface area contributed by atoms with Gasteiger partial charge in [-0.3, -0.25) is 0 Å². The largest absolute Gasteiger partial charge is 0.381 e. The van der Waals surface area contributed by atoms with Gasteiger partial charge in [0.15, 0.2) is 15.7 Å². The van der Waals surface area contributed by atoms with Crippen LogP contribution in [0.15, 0.2) is 4.52 Å². The Labute approximate surface area is 137 Å². The number of aromatic nitrogens is 2. The van der Waals surface area contributed by atoms with Crippen LogP contribution in [0.3, 0.4) is 0 Å². The first-order chi connectivity index (χ1) is 10.7. The van der Waals surface area contributed by atoms with Crippen LogP contribution in [-0.2, 0) is 19.3 Å². The molecule has 1 saturated heterocycles. The van der Waals surface area contributed by atoms with E-state index in [1.54, 1.807) is 0 Å². The van der Waals surface area contributed by atoms with Crippen molar-refractivity contribution in [3.8, 4) is 0 Å². The van der Waals surface area contributed by atoms with E-state index >= 15 is 0 Å². The lowest BCUT2D eigenvalue weighted by atomic mass is 9.73. The summed E-state index contributed by atoms with van der Waals surface area (Å²) in [4.78, 5) is 4.53. The van der Waals surface area contributed by atoms with Gasteiger partial charge in [-0.25, -0.2) is 8.42 Å². The van der Waals surface area contributed by atoms with Crippen molar-refractivity contribution in [3.05, 3.63) is 11.7 Å². The summed E-state index contributed by atoms with van der Waals surface area (Å²) in [5, 5.41) is 4.07. The third-order valence-corrected chi connectivity index (χ3v) is 7.56. The molecule has 23 heavy (non-hydrogen) atoms. The maximum Gasteiger partial charge on any atom is 0.229 e. The fourth-order valence-corrected chi connectivity index (χ4v) is 5.02. The first-order valence-electron chi connectivity index (χ1n) is 8.35. The second-order valence-electron chi connectivity index (χ2n) is 7.77. The molecular weight excluding hydrogens is 316 g/mol. The molecule has 0 bridgehead atoms. The van der Waals surface area contributed by atoms with E-state index in [4.69, 9.17) is 9.26 Å². The Morgan fingerprint density at radius 3 is 2.26 bits per heavy atom. The van der Waals surface area contributed by atoms with E-state index in [2.05, 4.69) is 24.0 Å². The van der Waals surface area contributed by atoms with Crippen molar-refractivity contribution in [1.29, 1.82) is 0 Å². The summed E-state index contributed by atoms with van der Waals surface area (Å²) in [7, 11) is -3.34. The lowest BCUT2D eigenvalue weighted by Gasteiger charge is -2.33. The highest BCUT2D eigenvalue weighted by Crippen LogP contribution is 2.43. The lowest BCUT2D eigenvalue weighted by molar-refractivity contribution is 0.0714. The van der Waals surface area contributed by atoms with Gasteiger partial charge >= 0.3 is 0 Å². The van der Waals surface area contributed by atoms with E-state index < -0.39 is 14.6 Å². The summed E-state index contributed by atoms with van der Waals surface area (Å²) in [6, 6.07) is 0. The van der Waals surface area contributed by atoms with E-state index in [1.807, 2.05) is 0 Å². The minimum atomic E-state index is -3.34. The van der Waals surface area contributed by atoms with Crippen molar-refractivity contribution in [2.24, 2.45) is 5.41 Å². The monoisotopic (exact) mass is 342 g/mol. The van der Waals surface area contributed by atoms with Crippen molar-refractivity contribution < 1.29 is 17.7 Å². The fraction of sp³-hybridized carbons (Fsp3) is 0.875. The lowest BCUT2D eigenvalue weighted by Crippen LogP contribution is -2.41. The minimum absolute atomic E-state index is 0.251. The Balaban J connectivity index is 1.85. The zero-order valence-electron chi connectivity index (χ0n) is 14.2. The molecule has 1 aliphatic carbocycles. The summed E-state index contributed by atoms with van der Waals surface area (Å²) >= 11 is 0. The molecule has 1 aromatic heterocycles. The van der Waals surface area contributed by atoms with Crippen molar-refractivity contribution in [3.63, 3.8) is 0 Å². The molecule has 0 aromatic carbocycles. The third-order valence-electron chi connectivity index (χ3n) is 5.55. The molecule has 3 rings (SSSR count). The van der Waals surface area contributed by atoms with Gasteiger partial charge < -0.3 is 9.26 Å². The van der Waals surface area contributed by atoms with Crippen LogP contribution in [0.1, 0.15) is 70.0 Å². The van der Waals surface area contributed by atoms with Crippen LogP contribution in [-0.4, -0.2) is 38.0 Å². The predicted molar refractivity (Wildman–Crippen MR) is 85.9 cm³/mol. The molecule has 2 aliphatic rings. The molecule has 130 valence electrons. The van der Waals surface area contributed by atoms with Gasteiger partial charge in [-0.2, -0.15) is 4.98 Å². The molecule has 1 aromatic rings. The van der Waals surface area contributed by atoms with Crippen LogP contribution in [0.2, 0.25) is 0 Å². The third kappa shape index (κ3) is 3.18. The molecule has 0 unspecified atom stereocenters. The molecule has 0 atom stereocenters. The molecule has 6 nitrogen and oxygen atoms in total. The Morgan fingerprint density at radius 2 is 1.70 bits per heavy atom. The highest BCUT2D eigenvalue weighted by molar-refractivity contribution is 7.91. The molecule has 0 spiro atoms. The van der Waals surface area contributed by atoms with Crippen molar-refractivity contribution in [1.82, 2.24) is 10.1 Å². The van der Waals surface area contributed by atoms with Gasteiger partial charge in [-0.1, -0.05) is 19.0 Å². The highest BCUT2D eigenvalue weighted by Gasteiger charge is 2.48. The van der Waals surface area contributed by atoms with Crippen molar-refractivity contribution in [2.45, 2.75) is 63.0 Å². The van der Waals surface area contributed by atoms with Crippen LogP contribution in [0.4, 0.5) is 0 Å². The zero-order chi connectivity index (χ0) is 16.7. The molecule has 2 heterocycles. The average molecular weight is 342 g/mol. The molecule has 1 saturated carbocycles. The molecule has 0 amide bonds. The van der Waals surface area contributed by atoms with Gasteiger partial charge in [0, 0.05) is 25.4 Å². The van der Waals surface area contributed by atoms with Crippen LogP contribution >= 0.6 is 0 Å². The summed E-state index contributed by atoms with van der Waals surface area (Å²) in [5.74, 6) is 1.17. The number of sulfone groups is 1. The smallest absolute Gasteiger partial charge is 0.229 e. The topological polar surface area (TPSA) is 82.3 Å².